The number of hydrogen-bond acceptors (Lipinski definition) is 7. The maximum atomic E-state index is 12.9. The van der Waals surface area contributed by atoms with Crippen molar-refractivity contribution in [3.63, 3.8) is 0 Å². The first-order valence-electron chi connectivity index (χ1n) is 7.87. The van der Waals surface area contributed by atoms with Crippen molar-refractivity contribution in [3.05, 3.63) is 0 Å². The fraction of sp³-hybridized carbons (Fsp3) is 0.800. The third-order valence-corrected chi connectivity index (χ3v) is 5.54. The molecule has 0 N–H and O–H groups in total. The van der Waals surface area contributed by atoms with Gasteiger partial charge < -0.3 is 14.4 Å². The Labute approximate surface area is 150 Å². The van der Waals surface area contributed by atoms with Gasteiger partial charge in [-0.15, -0.1) is 23.5 Å². The molecule has 2 amide bonds. The van der Waals surface area contributed by atoms with Crippen molar-refractivity contribution in [1.82, 2.24) is 9.80 Å². The summed E-state index contributed by atoms with van der Waals surface area (Å²) in [6.07, 6.45) is -0.495. The molecule has 0 radical (unpaired) electrons. The Hall–Kier alpha value is -1.09. The third kappa shape index (κ3) is 4.50. The molecule has 2 fully saturated rings. The van der Waals surface area contributed by atoms with Gasteiger partial charge in [-0.25, -0.2) is 9.59 Å². The van der Waals surface area contributed by atoms with E-state index in [-0.39, 0.29) is 18.5 Å². The number of amides is 2. The van der Waals surface area contributed by atoms with Crippen LogP contribution in [0, 0.1) is 0 Å². The van der Waals surface area contributed by atoms with Gasteiger partial charge in [0, 0.05) is 11.5 Å². The van der Waals surface area contributed by atoms with Gasteiger partial charge in [0.2, 0.25) is 5.91 Å². The number of hydrogen-bond donors (Lipinski definition) is 0. The number of nitrogens with zero attached hydrogens (tertiary/aromatic N) is 2. The van der Waals surface area contributed by atoms with Gasteiger partial charge in [-0.1, -0.05) is 0 Å². The second kappa shape index (κ2) is 7.86. The molecule has 136 valence electrons. The van der Waals surface area contributed by atoms with Crippen molar-refractivity contribution in [2.24, 2.45) is 0 Å². The molecule has 24 heavy (non-hydrogen) atoms. The van der Waals surface area contributed by atoms with Crippen LogP contribution in [-0.4, -0.2) is 75.3 Å². The summed E-state index contributed by atoms with van der Waals surface area (Å²) >= 11 is 3.02. The van der Waals surface area contributed by atoms with Crippen molar-refractivity contribution < 1.29 is 23.9 Å². The van der Waals surface area contributed by atoms with Crippen molar-refractivity contribution in [1.29, 1.82) is 0 Å². The van der Waals surface area contributed by atoms with Crippen LogP contribution in [0.5, 0.6) is 0 Å². The van der Waals surface area contributed by atoms with Crippen LogP contribution in [-0.2, 0) is 19.1 Å². The van der Waals surface area contributed by atoms with Crippen LogP contribution in [0.25, 0.3) is 0 Å². The number of esters is 1. The molecule has 2 rings (SSSR count). The van der Waals surface area contributed by atoms with Gasteiger partial charge in [0.25, 0.3) is 0 Å². The fourth-order valence-corrected chi connectivity index (χ4v) is 4.71. The smallest absolute Gasteiger partial charge is 0.411 e. The highest BCUT2D eigenvalue weighted by molar-refractivity contribution is 7.99. The molecule has 9 heteroatoms. The lowest BCUT2D eigenvalue weighted by molar-refractivity contribution is -0.153. The zero-order chi connectivity index (χ0) is 17.9. The Morgan fingerprint density at radius 1 is 1.04 bits per heavy atom. The Morgan fingerprint density at radius 3 is 2.21 bits per heavy atom. The summed E-state index contributed by atoms with van der Waals surface area (Å²) in [5.74, 6) is 1.28. The summed E-state index contributed by atoms with van der Waals surface area (Å²) in [5, 5.41) is 0. The van der Waals surface area contributed by atoms with Crippen molar-refractivity contribution in [3.8, 4) is 0 Å². The minimum atomic E-state index is -0.616. The Balaban J connectivity index is 2.07. The van der Waals surface area contributed by atoms with E-state index >= 15 is 0 Å². The lowest BCUT2D eigenvalue weighted by Crippen LogP contribution is -2.53. The van der Waals surface area contributed by atoms with E-state index in [9.17, 15) is 14.4 Å². The van der Waals surface area contributed by atoms with E-state index in [0.717, 1.165) is 0 Å². The molecule has 0 aromatic carbocycles. The lowest BCUT2D eigenvalue weighted by atomic mass is 10.2. The highest BCUT2D eigenvalue weighted by Gasteiger charge is 2.44. The SMILES string of the molecule is CCOC(=O)[C@@H]1CSCN1C(=O)[C@@H]1CSCN1C(=O)OC(C)(C)C. The van der Waals surface area contributed by atoms with E-state index in [2.05, 4.69) is 0 Å². The van der Waals surface area contributed by atoms with Gasteiger partial charge in [-0.2, -0.15) is 0 Å². The molecule has 7 nitrogen and oxygen atoms in total. The Morgan fingerprint density at radius 2 is 1.62 bits per heavy atom. The van der Waals surface area contributed by atoms with Crippen LogP contribution in [0.4, 0.5) is 4.79 Å². The quantitative estimate of drug-likeness (QED) is 0.695. The first-order valence-corrected chi connectivity index (χ1v) is 10.2. The van der Waals surface area contributed by atoms with Gasteiger partial charge >= 0.3 is 12.1 Å². The van der Waals surface area contributed by atoms with Crippen LogP contribution >= 0.6 is 23.5 Å². The average Bonchev–Trinajstić information content (AvgIpc) is 3.14. The highest BCUT2D eigenvalue weighted by Crippen LogP contribution is 2.29. The number of carbonyl (C=O) groups is 3. The predicted molar refractivity (Wildman–Crippen MR) is 93.8 cm³/mol. The molecule has 2 heterocycles. The number of rotatable bonds is 3. The molecule has 0 bridgehead atoms. The molecule has 0 aliphatic carbocycles. The van der Waals surface area contributed by atoms with Crippen LogP contribution in [0.2, 0.25) is 0 Å². The largest absolute Gasteiger partial charge is 0.464 e. The standard InChI is InChI=1S/C15H24N2O5S2/c1-5-21-13(19)11-7-24-8-16(11)12(18)10-6-23-9-17(10)14(20)22-15(2,3)4/h10-11H,5-9H2,1-4H3/t10-,11-/m0/s1. The molecule has 0 aromatic heterocycles. The number of ether oxygens (including phenoxy) is 2. The van der Waals surface area contributed by atoms with Crippen LogP contribution in [0.15, 0.2) is 0 Å². The van der Waals surface area contributed by atoms with Gasteiger partial charge in [0.05, 0.1) is 18.4 Å². The first kappa shape index (κ1) is 19.2. The Kier molecular flexibility index (Phi) is 6.30. The van der Waals surface area contributed by atoms with Gasteiger partial charge in [-0.3, -0.25) is 9.69 Å². The predicted octanol–water partition coefficient (Wildman–Crippen LogP) is 1.76. The van der Waals surface area contributed by atoms with Crippen LogP contribution < -0.4 is 0 Å². The maximum absolute atomic E-state index is 12.9. The Bertz CT molecular complexity index is 509. The minimum Gasteiger partial charge on any atom is -0.464 e. The van der Waals surface area contributed by atoms with E-state index in [0.29, 0.717) is 23.3 Å². The molecule has 0 spiro atoms. The second-order valence-corrected chi connectivity index (χ2v) is 8.54. The maximum Gasteiger partial charge on any atom is 0.411 e. The van der Waals surface area contributed by atoms with Gasteiger partial charge in [-0.05, 0) is 27.7 Å². The molecule has 2 saturated heterocycles. The summed E-state index contributed by atoms with van der Waals surface area (Å²) in [7, 11) is 0. The van der Waals surface area contributed by atoms with Gasteiger partial charge in [0.1, 0.15) is 17.7 Å². The van der Waals surface area contributed by atoms with Crippen molar-refractivity contribution in [2.45, 2.75) is 45.4 Å². The zero-order valence-corrected chi connectivity index (χ0v) is 16.1. The van der Waals surface area contributed by atoms with E-state index in [4.69, 9.17) is 9.47 Å². The van der Waals surface area contributed by atoms with Crippen molar-refractivity contribution >= 4 is 41.5 Å². The number of carbonyl (C=O) groups excluding carboxylic acids is 3. The summed E-state index contributed by atoms with van der Waals surface area (Å²) in [6.45, 7) is 7.39. The van der Waals surface area contributed by atoms with E-state index < -0.39 is 23.8 Å². The van der Waals surface area contributed by atoms with E-state index in [1.165, 1.54) is 33.3 Å². The van der Waals surface area contributed by atoms with E-state index in [1.807, 2.05) is 0 Å². The van der Waals surface area contributed by atoms with Crippen molar-refractivity contribution in [2.75, 3.05) is 29.9 Å². The summed E-state index contributed by atoms with van der Waals surface area (Å²) in [6, 6.07) is -1.17. The summed E-state index contributed by atoms with van der Waals surface area (Å²) in [4.78, 5) is 40.2. The molecule has 0 aromatic rings. The number of thioether (sulfide) groups is 2. The molecule has 0 saturated carbocycles. The molecule has 2 aliphatic rings. The molecular weight excluding hydrogens is 352 g/mol. The fourth-order valence-electron chi connectivity index (χ4n) is 2.43. The van der Waals surface area contributed by atoms with Crippen LogP contribution in [0.1, 0.15) is 27.7 Å². The highest BCUT2D eigenvalue weighted by atomic mass is 32.2. The summed E-state index contributed by atoms with van der Waals surface area (Å²) < 4.78 is 10.4. The minimum absolute atomic E-state index is 0.214. The normalized spacial score (nSPS) is 24.2. The average molecular weight is 377 g/mol. The molecule has 0 unspecified atom stereocenters. The third-order valence-electron chi connectivity index (χ3n) is 3.52. The molecule has 2 aliphatic heterocycles. The first-order chi connectivity index (χ1) is 11.2. The molecular formula is C15H24N2O5S2. The summed E-state index contributed by atoms with van der Waals surface area (Å²) in [5.41, 5.74) is -0.616. The lowest BCUT2D eigenvalue weighted by Gasteiger charge is -2.31. The van der Waals surface area contributed by atoms with Gasteiger partial charge in [0.15, 0.2) is 0 Å². The van der Waals surface area contributed by atoms with Crippen LogP contribution in [0.3, 0.4) is 0 Å². The molecule has 2 atom stereocenters. The zero-order valence-electron chi connectivity index (χ0n) is 14.4. The second-order valence-electron chi connectivity index (χ2n) is 6.54. The monoisotopic (exact) mass is 376 g/mol. The topological polar surface area (TPSA) is 76.2 Å². The van der Waals surface area contributed by atoms with E-state index in [1.54, 1.807) is 27.7 Å².